The van der Waals surface area contributed by atoms with Gasteiger partial charge in [0.2, 0.25) is 0 Å². The van der Waals surface area contributed by atoms with Crippen molar-refractivity contribution in [1.82, 2.24) is 5.32 Å². The minimum atomic E-state index is 0.434. The number of nitrogens with one attached hydrogen (secondary N) is 1. The van der Waals surface area contributed by atoms with Crippen LogP contribution in [0.15, 0.2) is 59.1 Å². The van der Waals surface area contributed by atoms with Crippen LogP contribution in [-0.4, -0.2) is 6.54 Å². The van der Waals surface area contributed by atoms with E-state index in [1.807, 2.05) is 0 Å². The van der Waals surface area contributed by atoms with Crippen molar-refractivity contribution in [1.29, 1.82) is 0 Å². The Labute approximate surface area is 136 Å². The molecule has 2 heteroatoms. The van der Waals surface area contributed by atoms with Crippen LogP contribution in [0.4, 0.5) is 0 Å². The Morgan fingerprint density at radius 1 is 1.00 bits per heavy atom. The number of benzene rings is 2. The highest BCUT2D eigenvalue weighted by Crippen LogP contribution is 2.27. The average molecular weight is 346 g/mol. The van der Waals surface area contributed by atoms with E-state index in [4.69, 9.17) is 0 Å². The van der Waals surface area contributed by atoms with Crippen molar-refractivity contribution in [3.63, 3.8) is 0 Å². The molecule has 0 bridgehead atoms. The smallest absolute Gasteiger partial charge is 0.0331 e. The molecule has 2 aromatic rings. The Kier molecular flexibility index (Phi) is 6.98. The molecule has 0 radical (unpaired) electrons. The third-order valence-corrected chi connectivity index (χ3v) is 4.44. The molecular weight excluding hydrogens is 322 g/mol. The van der Waals surface area contributed by atoms with Gasteiger partial charge < -0.3 is 5.32 Å². The van der Waals surface area contributed by atoms with Crippen molar-refractivity contribution < 1.29 is 0 Å². The molecule has 0 heterocycles. The normalized spacial score (nSPS) is 12.3. The van der Waals surface area contributed by atoms with Crippen molar-refractivity contribution in [2.24, 2.45) is 0 Å². The predicted molar refractivity (Wildman–Crippen MR) is 94.6 cm³/mol. The van der Waals surface area contributed by atoms with Gasteiger partial charge in [-0.25, -0.2) is 0 Å². The third kappa shape index (κ3) is 5.29. The van der Waals surface area contributed by atoms with E-state index in [0.29, 0.717) is 6.04 Å². The standard InChI is InChI=1S/C19H24BrN/c1-2-15-21-19(17-12-6-7-13-18(17)20)14-8-11-16-9-4-3-5-10-16/h3-7,9-10,12-13,19,21H,2,8,11,14-15H2,1H3. The summed E-state index contributed by atoms with van der Waals surface area (Å²) in [5, 5.41) is 3.68. The van der Waals surface area contributed by atoms with Gasteiger partial charge in [0.15, 0.2) is 0 Å². The number of aryl methyl sites for hydroxylation is 1. The van der Waals surface area contributed by atoms with Gasteiger partial charge in [-0.2, -0.15) is 0 Å². The maximum Gasteiger partial charge on any atom is 0.0331 e. The summed E-state index contributed by atoms with van der Waals surface area (Å²) in [5.74, 6) is 0. The van der Waals surface area contributed by atoms with E-state index in [0.717, 1.165) is 19.4 Å². The van der Waals surface area contributed by atoms with Crippen molar-refractivity contribution in [2.75, 3.05) is 6.54 Å². The molecule has 1 nitrogen and oxygen atoms in total. The molecule has 1 atom stereocenters. The fourth-order valence-corrected chi connectivity index (χ4v) is 3.16. The lowest BCUT2D eigenvalue weighted by molar-refractivity contribution is 0.483. The Morgan fingerprint density at radius 3 is 2.43 bits per heavy atom. The zero-order valence-electron chi connectivity index (χ0n) is 12.7. The molecule has 21 heavy (non-hydrogen) atoms. The summed E-state index contributed by atoms with van der Waals surface area (Å²) in [6.07, 6.45) is 4.68. The highest BCUT2D eigenvalue weighted by molar-refractivity contribution is 9.10. The molecule has 1 N–H and O–H groups in total. The van der Waals surface area contributed by atoms with Crippen molar-refractivity contribution in [3.8, 4) is 0 Å². The molecule has 112 valence electrons. The van der Waals surface area contributed by atoms with Gasteiger partial charge in [0.05, 0.1) is 0 Å². The van der Waals surface area contributed by atoms with Crippen LogP contribution in [-0.2, 0) is 6.42 Å². The lowest BCUT2D eigenvalue weighted by Crippen LogP contribution is -2.22. The van der Waals surface area contributed by atoms with Crippen molar-refractivity contribution in [3.05, 3.63) is 70.2 Å². The van der Waals surface area contributed by atoms with E-state index >= 15 is 0 Å². The molecule has 0 aliphatic carbocycles. The third-order valence-electron chi connectivity index (χ3n) is 3.72. The van der Waals surface area contributed by atoms with E-state index in [-0.39, 0.29) is 0 Å². The fourth-order valence-electron chi connectivity index (χ4n) is 2.60. The van der Waals surface area contributed by atoms with E-state index in [1.54, 1.807) is 0 Å². The summed E-state index contributed by atoms with van der Waals surface area (Å²) in [4.78, 5) is 0. The number of hydrogen-bond donors (Lipinski definition) is 1. The molecule has 0 spiro atoms. The minimum absolute atomic E-state index is 0.434. The maximum atomic E-state index is 3.69. The van der Waals surface area contributed by atoms with Gasteiger partial charge in [-0.1, -0.05) is 71.4 Å². The van der Waals surface area contributed by atoms with Crippen LogP contribution < -0.4 is 5.32 Å². The highest BCUT2D eigenvalue weighted by atomic mass is 79.9. The summed E-state index contributed by atoms with van der Waals surface area (Å²) in [6, 6.07) is 19.7. The van der Waals surface area contributed by atoms with Gasteiger partial charge in [-0.05, 0) is 49.4 Å². The van der Waals surface area contributed by atoms with Gasteiger partial charge in [0.25, 0.3) is 0 Å². The van der Waals surface area contributed by atoms with Crippen LogP contribution in [0.1, 0.15) is 43.4 Å². The Morgan fingerprint density at radius 2 is 1.71 bits per heavy atom. The second-order valence-electron chi connectivity index (χ2n) is 5.41. The van der Waals surface area contributed by atoms with Crippen LogP contribution in [0.25, 0.3) is 0 Å². The quantitative estimate of drug-likeness (QED) is 0.664. The lowest BCUT2D eigenvalue weighted by Gasteiger charge is -2.20. The first-order valence-electron chi connectivity index (χ1n) is 7.83. The first kappa shape index (κ1) is 16.3. The summed E-state index contributed by atoms with van der Waals surface area (Å²) < 4.78 is 1.21. The first-order valence-corrected chi connectivity index (χ1v) is 8.62. The summed E-state index contributed by atoms with van der Waals surface area (Å²) in [5.41, 5.74) is 2.80. The molecule has 0 amide bonds. The van der Waals surface area contributed by atoms with Crippen LogP contribution in [0.5, 0.6) is 0 Å². The Balaban J connectivity index is 1.95. The average Bonchev–Trinajstić information content (AvgIpc) is 2.52. The maximum absolute atomic E-state index is 3.69. The molecular formula is C19H24BrN. The zero-order chi connectivity index (χ0) is 14.9. The Bertz CT molecular complexity index is 524. The largest absolute Gasteiger partial charge is 0.310 e. The molecule has 2 rings (SSSR count). The lowest BCUT2D eigenvalue weighted by atomic mass is 9.99. The zero-order valence-corrected chi connectivity index (χ0v) is 14.3. The number of rotatable bonds is 8. The van der Waals surface area contributed by atoms with Gasteiger partial charge >= 0.3 is 0 Å². The predicted octanol–water partition coefficient (Wildman–Crippen LogP) is 5.51. The van der Waals surface area contributed by atoms with Crippen LogP contribution in [0.2, 0.25) is 0 Å². The molecule has 1 unspecified atom stereocenters. The first-order chi connectivity index (χ1) is 10.3. The van der Waals surface area contributed by atoms with E-state index < -0.39 is 0 Å². The number of hydrogen-bond acceptors (Lipinski definition) is 1. The SMILES string of the molecule is CCCNC(CCCc1ccccc1)c1ccccc1Br. The molecule has 0 aliphatic rings. The van der Waals surface area contributed by atoms with Gasteiger partial charge in [0.1, 0.15) is 0 Å². The molecule has 0 saturated heterocycles. The summed E-state index contributed by atoms with van der Waals surface area (Å²) in [6.45, 7) is 3.28. The second kappa shape index (κ2) is 9.01. The molecule has 0 aliphatic heterocycles. The van der Waals surface area contributed by atoms with E-state index in [2.05, 4.69) is 82.8 Å². The van der Waals surface area contributed by atoms with E-state index in [9.17, 15) is 0 Å². The monoisotopic (exact) mass is 345 g/mol. The molecule has 2 aromatic carbocycles. The van der Waals surface area contributed by atoms with Crippen LogP contribution >= 0.6 is 15.9 Å². The molecule has 0 fully saturated rings. The van der Waals surface area contributed by atoms with Crippen LogP contribution in [0, 0.1) is 0 Å². The van der Waals surface area contributed by atoms with Gasteiger partial charge in [-0.15, -0.1) is 0 Å². The van der Waals surface area contributed by atoms with Gasteiger partial charge in [0, 0.05) is 10.5 Å². The second-order valence-corrected chi connectivity index (χ2v) is 6.26. The number of halogens is 1. The topological polar surface area (TPSA) is 12.0 Å². The van der Waals surface area contributed by atoms with Crippen LogP contribution in [0.3, 0.4) is 0 Å². The summed E-state index contributed by atoms with van der Waals surface area (Å²) in [7, 11) is 0. The fraction of sp³-hybridized carbons (Fsp3) is 0.368. The summed E-state index contributed by atoms with van der Waals surface area (Å²) >= 11 is 3.69. The highest BCUT2D eigenvalue weighted by Gasteiger charge is 2.13. The minimum Gasteiger partial charge on any atom is -0.310 e. The molecule has 0 saturated carbocycles. The van der Waals surface area contributed by atoms with Gasteiger partial charge in [-0.3, -0.25) is 0 Å². The van der Waals surface area contributed by atoms with Crippen molar-refractivity contribution in [2.45, 2.75) is 38.6 Å². The molecule has 0 aromatic heterocycles. The Hall–Kier alpha value is -1.12. The van der Waals surface area contributed by atoms with E-state index in [1.165, 1.54) is 28.4 Å². The van der Waals surface area contributed by atoms with Crippen molar-refractivity contribution >= 4 is 15.9 Å².